The van der Waals surface area contributed by atoms with Crippen LogP contribution in [-0.2, 0) is 14.3 Å². The second-order valence-electron chi connectivity index (χ2n) is 11.3. The molecule has 0 spiro atoms. The monoisotopic (exact) mass is 404 g/mol. The molecule has 8 atom stereocenters. The van der Waals surface area contributed by atoms with Gasteiger partial charge in [0, 0.05) is 19.8 Å². The van der Waals surface area contributed by atoms with Crippen LogP contribution in [0.5, 0.6) is 0 Å². The Morgan fingerprint density at radius 1 is 1.10 bits per heavy atom. The van der Waals surface area contributed by atoms with E-state index in [4.69, 9.17) is 4.74 Å². The molecule has 0 saturated heterocycles. The fourth-order valence-electron chi connectivity index (χ4n) is 8.58. The molecule has 4 aliphatic rings. The Hall–Kier alpha value is -0.900. The summed E-state index contributed by atoms with van der Waals surface area (Å²) in [5.41, 5.74) is -0.371. The average molecular weight is 405 g/mol. The smallest absolute Gasteiger partial charge is 0.302 e. The van der Waals surface area contributed by atoms with E-state index in [9.17, 15) is 14.7 Å². The number of carbonyl (C=O) groups excluding carboxylic acids is 2. The summed E-state index contributed by atoms with van der Waals surface area (Å²) >= 11 is 0. The zero-order chi connectivity index (χ0) is 21.0. The highest BCUT2D eigenvalue weighted by atomic mass is 16.5. The number of rotatable bonds is 4. The number of Topliss-reactive ketones (excluding diaryl/α,β-unsaturated/α-hetero) is 1. The lowest BCUT2D eigenvalue weighted by molar-refractivity contribution is -0.170. The van der Waals surface area contributed by atoms with Gasteiger partial charge in [-0.05, 0) is 91.8 Å². The zero-order valence-electron chi connectivity index (χ0n) is 18.8. The van der Waals surface area contributed by atoms with E-state index >= 15 is 0 Å². The van der Waals surface area contributed by atoms with Gasteiger partial charge in [0.25, 0.3) is 0 Å². The lowest BCUT2D eigenvalue weighted by Gasteiger charge is -2.62. The molecule has 0 amide bonds. The molecule has 4 saturated carbocycles. The number of hydrogen-bond donors (Lipinski definition) is 1. The summed E-state index contributed by atoms with van der Waals surface area (Å²) in [5, 5.41) is 11.7. The quantitative estimate of drug-likeness (QED) is 0.534. The van der Waals surface area contributed by atoms with Crippen LogP contribution in [0, 0.1) is 40.4 Å². The van der Waals surface area contributed by atoms with E-state index < -0.39 is 5.60 Å². The Bertz CT molecular complexity index is 674. The van der Waals surface area contributed by atoms with Crippen LogP contribution < -0.4 is 0 Å². The Balaban J connectivity index is 1.52. The minimum Gasteiger partial charge on any atom is -0.466 e. The summed E-state index contributed by atoms with van der Waals surface area (Å²) in [6.07, 6.45) is 9.73. The number of fused-ring (bicyclic) bond motifs is 5. The van der Waals surface area contributed by atoms with Crippen molar-refractivity contribution >= 4 is 11.8 Å². The third kappa shape index (κ3) is 3.20. The van der Waals surface area contributed by atoms with Crippen molar-refractivity contribution in [3.8, 4) is 0 Å². The van der Waals surface area contributed by atoms with Gasteiger partial charge in [-0.15, -0.1) is 0 Å². The Morgan fingerprint density at radius 3 is 2.55 bits per heavy atom. The number of esters is 1. The summed E-state index contributed by atoms with van der Waals surface area (Å²) in [5.74, 6) is 3.25. The largest absolute Gasteiger partial charge is 0.466 e. The van der Waals surface area contributed by atoms with Crippen molar-refractivity contribution in [1.29, 1.82) is 0 Å². The van der Waals surface area contributed by atoms with E-state index in [1.54, 1.807) is 0 Å². The van der Waals surface area contributed by atoms with Gasteiger partial charge in [0.05, 0.1) is 12.2 Å². The van der Waals surface area contributed by atoms with E-state index in [0.717, 1.165) is 44.9 Å². The third-order valence-corrected chi connectivity index (χ3v) is 10.4. The summed E-state index contributed by atoms with van der Waals surface area (Å²) in [6.45, 7) is 9.01. The van der Waals surface area contributed by atoms with Crippen LogP contribution in [0.4, 0.5) is 0 Å². The van der Waals surface area contributed by atoms with Gasteiger partial charge in [-0.2, -0.15) is 0 Å². The van der Waals surface area contributed by atoms with Crippen molar-refractivity contribution < 1.29 is 19.4 Å². The molecular formula is C25H40O4. The van der Waals surface area contributed by atoms with Gasteiger partial charge < -0.3 is 9.84 Å². The molecule has 0 aromatic heterocycles. The maximum atomic E-state index is 12.3. The number of carbonyl (C=O) groups is 2. The first-order valence-electron chi connectivity index (χ1n) is 12.0. The molecule has 0 radical (unpaired) electrons. The maximum Gasteiger partial charge on any atom is 0.302 e. The highest BCUT2D eigenvalue weighted by Gasteiger charge is 2.65. The molecule has 0 unspecified atom stereocenters. The minimum atomic E-state index is -0.630. The van der Waals surface area contributed by atoms with Gasteiger partial charge in [0.2, 0.25) is 0 Å². The van der Waals surface area contributed by atoms with Crippen molar-refractivity contribution in [1.82, 2.24) is 0 Å². The van der Waals surface area contributed by atoms with Crippen LogP contribution in [0.1, 0.15) is 91.9 Å². The van der Waals surface area contributed by atoms with Crippen LogP contribution in [0.25, 0.3) is 0 Å². The second-order valence-corrected chi connectivity index (χ2v) is 11.3. The first-order chi connectivity index (χ1) is 13.6. The molecule has 0 heterocycles. The third-order valence-electron chi connectivity index (χ3n) is 10.4. The predicted molar refractivity (Wildman–Crippen MR) is 112 cm³/mol. The molecule has 4 rings (SSSR count). The van der Waals surface area contributed by atoms with E-state index in [1.807, 2.05) is 0 Å². The lowest BCUT2D eigenvalue weighted by Crippen LogP contribution is -2.58. The van der Waals surface area contributed by atoms with Crippen molar-refractivity contribution in [2.45, 2.75) is 97.5 Å². The second kappa shape index (κ2) is 7.35. The van der Waals surface area contributed by atoms with Gasteiger partial charge in [0.1, 0.15) is 5.78 Å². The molecule has 164 valence electrons. The van der Waals surface area contributed by atoms with Gasteiger partial charge in [-0.1, -0.05) is 20.8 Å². The number of ketones is 1. The maximum absolute atomic E-state index is 12.3. The molecule has 4 aliphatic carbocycles. The van der Waals surface area contributed by atoms with E-state index in [0.29, 0.717) is 42.0 Å². The Morgan fingerprint density at radius 2 is 1.83 bits per heavy atom. The first-order valence-corrected chi connectivity index (χ1v) is 12.0. The van der Waals surface area contributed by atoms with E-state index in [2.05, 4.69) is 20.8 Å². The molecule has 4 fully saturated rings. The van der Waals surface area contributed by atoms with E-state index in [1.165, 1.54) is 26.2 Å². The molecule has 0 aromatic rings. The molecule has 29 heavy (non-hydrogen) atoms. The van der Waals surface area contributed by atoms with Gasteiger partial charge in [-0.25, -0.2) is 0 Å². The SMILES string of the molecule is CC(=O)OCCC[C@]1(O)CC[C@H]2[C@@H]3CC[C@H]4CC(=O)C[C@H](C)[C@]4(C)[C@H]3CC[C@@]21C. The fraction of sp³-hybridized carbons (Fsp3) is 0.920. The topological polar surface area (TPSA) is 63.6 Å². The first kappa shape index (κ1) is 21.3. The highest BCUT2D eigenvalue weighted by molar-refractivity contribution is 5.80. The summed E-state index contributed by atoms with van der Waals surface area (Å²) in [4.78, 5) is 23.3. The minimum absolute atomic E-state index is 0.0265. The van der Waals surface area contributed by atoms with Crippen LogP contribution in [0.2, 0.25) is 0 Å². The highest BCUT2D eigenvalue weighted by Crippen LogP contribution is 2.69. The summed E-state index contributed by atoms with van der Waals surface area (Å²) in [6, 6.07) is 0. The van der Waals surface area contributed by atoms with Crippen molar-refractivity contribution in [2.75, 3.05) is 6.61 Å². The Kier molecular flexibility index (Phi) is 5.41. The van der Waals surface area contributed by atoms with Crippen LogP contribution in [0.3, 0.4) is 0 Å². The average Bonchev–Trinajstić information content (AvgIpc) is 2.92. The molecular weight excluding hydrogens is 364 g/mol. The molecule has 0 aliphatic heterocycles. The molecule has 1 N–H and O–H groups in total. The molecule has 0 aromatic carbocycles. The molecule has 4 nitrogen and oxygen atoms in total. The Labute approximate surface area is 176 Å². The van der Waals surface area contributed by atoms with Crippen LogP contribution >= 0.6 is 0 Å². The summed E-state index contributed by atoms with van der Waals surface area (Å²) < 4.78 is 5.12. The number of ether oxygens (including phenoxy) is 1. The predicted octanol–water partition coefficient (Wildman–Crippen LogP) is 4.92. The number of aliphatic hydroxyl groups is 1. The molecule has 0 bridgehead atoms. The fourth-order valence-corrected chi connectivity index (χ4v) is 8.58. The molecule has 4 heteroatoms. The zero-order valence-corrected chi connectivity index (χ0v) is 18.8. The van der Waals surface area contributed by atoms with Gasteiger partial charge >= 0.3 is 5.97 Å². The van der Waals surface area contributed by atoms with Crippen molar-refractivity contribution in [3.63, 3.8) is 0 Å². The van der Waals surface area contributed by atoms with Gasteiger partial charge in [0.15, 0.2) is 0 Å². The van der Waals surface area contributed by atoms with Crippen LogP contribution in [0.15, 0.2) is 0 Å². The van der Waals surface area contributed by atoms with Crippen molar-refractivity contribution in [2.24, 2.45) is 40.4 Å². The lowest BCUT2D eigenvalue weighted by atomic mass is 9.42. The van der Waals surface area contributed by atoms with Gasteiger partial charge in [-0.3, -0.25) is 9.59 Å². The normalized spacial score (nSPS) is 49.1. The summed E-state index contributed by atoms with van der Waals surface area (Å²) in [7, 11) is 0. The standard InChI is InChI=1S/C25H40O4/c1-16-14-19(27)15-18-6-7-20-21-9-12-25(28,10-5-13-29-17(2)26)23(21,3)11-8-22(20)24(16,18)4/h16,18,20-22,28H,5-15H2,1-4H3/t16-,18-,20-,21-,22-,23-,24-,25-/m0/s1. The van der Waals surface area contributed by atoms with Crippen LogP contribution in [-0.4, -0.2) is 29.1 Å². The van der Waals surface area contributed by atoms with E-state index in [-0.39, 0.29) is 16.8 Å². The number of hydrogen-bond acceptors (Lipinski definition) is 4. The van der Waals surface area contributed by atoms with Crippen molar-refractivity contribution in [3.05, 3.63) is 0 Å².